The van der Waals surface area contributed by atoms with Crippen molar-refractivity contribution in [3.8, 4) is 51.5 Å². The van der Waals surface area contributed by atoms with Crippen LogP contribution in [0.4, 0.5) is 0 Å². The minimum atomic E-state index is -4.32. The first-order valence-corrected chi connectivity index (χ1v) is 17.1. The Labute approximate surface area is 300 Å². The van der Waals surface area contributed by atoms with Crippen LogP contribution in [0.25, 0.3) is 11.1 Å². The molecular weight excluding hydrogens is 726 g/mol. The summed E-state index contributed by atoms with van der Waals surface area (Å²) in [7, 11) is -0.413. The van der Waals surface area contributed by atoms with Gasteiger partial charge in [0, 0.05) is 17.5 Å². The minimum absolute atomic E-state index is 0.0351. The van der Waals surface area contributed by atoms with Crippen molar-refractivity contribution in [2.24, 2.45) is 0 Å². The Morgan fingerprint density at radius 1 is 0.887 bits per heavy atom. The quantitative estimate of drug-likeness (QED) is 0.110. The molecule has 6 rings (SSSR count). The van der Waals surface area contributed by atoms with E-state index >= 15 is 0 Å². The average Bonchev–Trinajstić information content (AvgIpc) is 3.94. The van der Waals surface area contributed by atoms with Gasteiger partial charge in [0.15, 0.2) is 23.0 Å². The van der Waals surface area contributed by atoms with Crippen LogP contribution >= 0.6 is 0 Å². The van der Waals surface area contributed by atoms with Gasteiger partial charge in [-0.2, -0.15) is 0 Å². The average molecular weight is 758 g/mol. The second kappa shape index (κ2) is 15.0. The molecule has 3 aromatic carbocycles. The maximum absolute atomic E-state index is 14.0. The molecule has 1 atom stereocenters. The molecule has 0 radical (unpaired) electrons. The van der Waals surface area contributed by atoms with E-state index in [2.05, 4.69) is 15.1 Å². The second-order valence-electron chi connectivity index (χ2n) is 11.0. The maximum atomic E-state index is 14.0. The molecule has 0 saturated carbocycles. The molecule has 0 aliphatic carbocycles. The van der Waals surface area contributed by atoms with Crippen LogP contribution in [-0.2, 0) is 24.1 Å². The van der Waals surface area contributed by atoms with E-state index in [1.165, 1.54) is 64.7 Å². The summed E-state index contributed by atoms with van der Waals surface area (Å²) in [5, 5.41) is 17.2. The van der Waals surface area contributed by atoms with Gasteiger partial charge in [-0.25, -0.2) is 18.0 Å². The molecule has 19 nitrogen and oxygen atoms in total. The summed E-state index contributed by atoms with van der Waals surface area (Å²) in [6.45, 7) is 0.469. The zero-order chi connectivity index (χ0) is 37.9. The number of rotatable bonds is 14. The fourth-order valence-corrected chi connectivity index (χ4v) is 6.72. The Kier molecular flexibility index (Phi) is 10.3. The fraction of sp³-hybridized carbons (Fsp3) is 0.303. The molecule has 280 valence electrons. The molecule has 0 spiro atoms. The highest BCUT2D eigenvalue weighted by atomic mass is 32.2. The van der Waals surface area contributed by atoms with Gasteiger partial charge in [-0.05, 0) is 36.1 Å². The van der Waals surface area contributed by atoms with Crippen molar-refractivity contribution < 1.29 is 75.0 Å². The highest BCUT2D eigenvalue weighted by Crippen LogP contribution is 2.56. The zero-order valence-corrected chi connectivity index (χ0v) is 29.3. The predicted octanol–water partition coefficient (Wildman–Crippen LogP) is 2.20. The summed E-state index contributed by atoms with van der Waals surface area (Å²) in [4.78, 5) is 39.6. The van der Waals surface area contributed by atoms with Crippen molar-refractivity contribution in [3.63, 3.8) is 0 Å². The minimum Gasteiger partial charge on any atom is -0.493 e. The molecule has 0 fully saturated rings. The van der Waals surface area contributed by atoms with E-state index in [1.807, 2.05) is 0 Å². The van der Waals surface area contributed by atoms with Gasteiger partial charge in [0.1, 0.15) is 6.04 Å². The Hall–Kier alpha value is -6.44. The van der Waals surface area contributed by atoms with Crippen molar-refractivity contribution in [2.75, 3.05) is 48.1 Å². The summed E-state index contributed by atoms with van der Waals surface area (Å²) < 4.78 is 79.7. The third kappa shape index (κ3) is 6.82. The zero-order valence-electron chi connectivity index (χ0n) is 28.5. The lowest BCUT2D eigenvalue weighted by Gasteiger charge is -2.20. The smallest absolute Gasteiger partial charge is 0.414 e. The molecule has 53 heavy (non-hydrogen) atoms. The standard InChI is InChI=1S/C33H31N3O16S/c1-17(32(38)47-12-8-11-46-30-31(36(40)52-35-30)53(41,42)18-9-6-5-7-10-18)34-29(37)19-13-21(43-2)25-27(50-15-48-25)23(19)24-20(33(39)45-4)14-22(44-3)26-28(24)51-16-49-26/h5-7,9-10,13-14,17H,8,11-12,15-16H2,1-4H3,(H,34,37)/t17-/m0/s1. The molecule has 1 N–H and O–H groups in total. The highest BCUT2D eigenvalue weighted by Gasteiger charge is 2.38. The van der Waals surface area contributed by atoms with Gasteiger partial charge in [-0.1, -0.05) is 18.2 Å². The van der Waals surface area contributed by atoms with Crippen molar-refractivity contribution in [1.82, 2.24) is 10.5 Å². The van der Waals surface area contributed by atoms with Gasteiger partial charge < -0.3 is 53.2 Å². The molecule has 0 unspecified atom stereocenters. The normalized spacial score (nSPS) is 13.2. The summed E-state index contributed by atoms with van der Waals surface area (Å²) in [5.41, 5.74) is -0.0270. The molecule has 20 heteroatoms. The predicted molar refractivity (Wildman–Crippen MR) is 174 cm³/mol. The first-order chi connectivity index (χ1) is 25.5. The van der Waals surface area contributed by atoms with Crippen LogP contribution < -0.4 is 43.4 Å². The van der Waals surface area contributed by atoms with Crippen molar-refractivity contribution in [1.29, 1.82) is 0 Å². The molecule has 2 aliphatic heterocycles. The lowest BCUT2D eigenvalue weighted by molar-refractivity contribution is -0.832. The summed E-state index contributed by atoms with van der Waals surface area (Å²) in [6.07, 6.45) is 0.0351. The molecule has 4 aromatic rings. The van der Waals surface area contributed by atoms with Gasteiger partial charge in [0.05, 0.1) is 55.7 Å². The van der Waals surface area contributed by atoms with Gasteiger partial charge >= 0.3 is 22.8 Å². The number of carbonyl (C=O) groups excluding carboxylic acids is 3. The largest absolute Gasteiger partial charge is 0.493 e. The number of methoxy groups -OCH3 is 3. The second-order valence-corrected chi connectivity index (χ2v) is 12.9. The van der Waals surface area contributed by atoms with Gasteiger partial charge in [-0.3, -0.25) is 9.42 Å². The van der Waals surface area contributed by atoms with Crippen molar-refractivity contribution in [3.05, 3.63) is 58.8 Å². The number of carbonyl (C=O) groups is 3. The third-order valence-electron chi connectivity index (χ3n) is 7.88. The number of ether oxygens (including phenoxy) is 9. The van der Waals surface area contributed by atoms with Crippen molar-refractivity contribution >= 4 is 27.7 Å². The first-order valence-electron chi connectivity index (χ1n) is 15.6. The number of sulfone groups is 1. The van der Waals surface area contributed by atoms with Crippen LogP contribution in [0.15, 0.2) is 57.0 Å². The Balaban J connectivity index is 1.18. The summed E-state index contributed by atoms with van der Waals surface area (Å²) >= 11 is 0. The highest BCUT2D eigenvalue weighted by molar-refractivity contribution is 7.91. The third-order valence-corrected chi connectivity index (χ3v) is 9.61. The van der Waals surface area contributed by atoms with E-state index in [1.54, 1.807) is 6.07 Å². The molecule has 0 bridgehead atoms. The summed E-state index contributed by atoms with van der Waals surface area (Å²) in [6, 6.07) is 8.67. The first kappa shape index (κ1) is 36.4. The number of hydrogen-bond acceptors (Lipinski definition) is 17. The number of aromatic nitrogens is 2. The maximum Gasteiger partial charge on any atom is 0.414 e. The topological polar surface area (TPSA) is 233 Å². The van der Waals surface area contributed by atoms with E-state index in [0.717, 1.165) is 0 Å². The van der Waals surface area contributed by atoms with Gasteiger partial charge in [0.2, 0.25) is 25.1 Å². The van der Waals surface area contributed by atoms with Crippen LogP contribution in [0.1, 0.15) is 34.1 Å². The van der Waals surface area contributed by atoms with Crippen LogP contribution in [0, 0.1) is 5.21 Å². The molecular formula is C33H31N3O16S. The van der Waals surface area contributed by atoms with Gasteiger partial charge in [0.25, 0.3) is 15.7 Å². The number of nitrogens with one attached hydrogen (secondary N) is 1. The Bertz CT molecular complexity index is 2170. The van der Waals surface area contributed by atoms with E-state index in [-0.39, 0.29) is 99.8 Å². The number of hydrogen-bond donors (Lipinski definition) is 1. The number of esters is 2. The van der Waals surface area contributed by atoms with Crippen molar-refractivity contribution in [2.45, 2.75) is 29.3 Å². The monoisotopic (exact) mass is 757 g/mol. The van der Waals surface area contributed by atoms with Crippen LogP contribution in [-0.4, -0.2) is 85.6 Å². The Morgan fingerprint density at radius 3 is 2.08 bits per heavy atom. The van der Waals surface area contributed by atoms with E-state index < -0.39 is 44.6 Å². The summed E-state index contributed by atoms with van der Waals surface area (Å²) in [5.74, 6) is -2.28. The number of amides is 1. The van der Waals surface area contributed by atoms with Crippen LogP contribution in [0.5, 0.6) is 40.4 Å². The Morgan fingerprint density at radius 2 is 1.47 bits per heavy atom. The lowest BCUT2D eigenvalue weighted by Crippen LogP contribution is -2.40. The lowest BCUT2D eigenvalue weighted by atomic mass is 9.91. The van der Waals surface area contributed by atoms with E-state index in [4.69, 9.17) is 42.6 Å². The molecule has 0 saturated heterocycles. The molecule has 1 aromatic heterocycles. The fourth-order valence-electron chi connectivity index (χ4n) is 5.43. The van der Waals surface area contributed by atoms with Gasteiger partial charge in [-0.15, -0.1) is 0 Å². The van der Waals surface area contributed by atoms with E-state index in [9.17, 15) is 28.0 Å². The SMILES string of the molecule is COC(=O)c1cc(OC)c2c(c1-c1c(C(=O)N[C@@H](C)C(=O)OCCCOc3no[n+]([O-])c3S(=O)(=O)c3ccccc3)cc(OC)c3c1OCO3)OCO2. The molecule has 1 amide bonds. The van der Waals surface area contributed by atoms with E-state index in [0.29, 0.717) is 0 Å². The van der Waals surface area contributed by atoms with Crippen LogP contribution in [0.3, 0.4) is 0 Å². The number of benzene rings is 3. The van der Waals surface area contributed by atoms with Crippen LogP contribution in [0.2, 0.25) is 0 Å². The molecule has 2 aliphatic rings. The number of fused-ring (bicyclic) bond motifs is 2. The molecule has 3 heterocycles. The number of nitrogens with zero attached hydrogens (tertiary/aromatic N) is 2.